The maximum Gasteiger partial charge on any atom is 0.0672 e. The highest BCUT2D eigenvalue weighted by Gasteiger charge is 2.19. The van der Waals surface area contributed by atoms with Crippen molar-refractivity contribution in [3.05, 3.63) is 17.0 Å². The van der Waals surface area contributed by atoms with Gasteiger partial charge in [-0.25, -0.2) is 0 Å². The molecule has 110 valence electrons. The summed E-state index contributed by atoms with van der Waals surface area (Å²) in [5, 5.41) is 8.44. The van der Waals surface area contributed by atoms with Crippen molar-refractivity contribution in [2.45, 2.75) is 59.5 Å². The Labute approximate surface area is 122 Å². The highest BCUT2D eigenvalue weighted by molar-refractivity contribution is 7.98. The summed E-state index contributed by atoms with van der Waals surface area (Å²) in [5.74, 6) is 1.13. The standard InChI is InChI=1S/C15H29N3S/c1-6-9-16-12(4)15-13(7-2)17-18(10-11-19-5)14(15)8-3/h12,16H,6-11H2,1-5H3. The Kier molecular flexibility index (Phi) is 7.54. The van der Waals surface area contributed by atoms with Gasteiger partial charge < -0.3 is 5.32 Å². The number of hydrogen-bond donors (Lipinski definition) is 1. The fourth-order valence-electron chi connectivity index (χ4n) is 2.53. The molecule has 1 unspecified atom stereocenters. The Morgan fingerprint density at radius 3 is 2.53 bits per heavy atom. The first-order chi connectivity index (χ1) is 9.19. The number of rotatable bonds is 9. The van der Waals surface area contributed by atoms with E-state index in [1.54, 1.807) is 0 Å². The molecule has 1 atom stereocenters. The summed E-state index contributed by atoms with van der Waals surface area (Å²) in [7, 11) is 0. The Balaban J connectivity index is 3.01. The summed E-state index contributed by atoms with van der Waals surface area (Å²) in [4.78, 5) is 0. The van der Waals surface area contributed by atoms with E-state index in [9.17, 15) is 0 Å². The minimum Gasteiger partial charge on any atom is -0.310 e. The van der Waals surface area contributed by atoms with Crippen molar-refractivity contribution in [3.63, 3.8) is 0 Å². The zero-order chi connectivity index (χ0) is 14.3. The topological polar surface area (TPSA) is 29.9 Å². The van der Waals surface area contributed by atoms with Crippen molar-refractivity contribution in [1.29, 1.82) is 0 Å². The van der Waals surface area contributed by atoms with Crippen molar-refractivity contribution in [2.24, 2.45) is 0 Å². The van der Waals surface area contributed by atoms with Gasteiger partial charge in [0.05, 0.1) is 12.2 Å². The van der Waals surface area contributed by atoms with Crippen molar-refractivity contribution >= 4 is 11.8 Å². The van der Waals surface area contributed by atoms with Gasteiger partial charge in [-0.1, -0.05) is 20.8 Å². The van der Waals surface area contributed by atoms with Crippen LogP contribution in [-0.2, 0) is 19.4 Å². The van der Waals surface area contributed by atoms with E-state index < -0.39 is 0 Å². The summed E-state index contributed by atoms with van der Waals surface area (Å²) < 4.78 is 2.23. The fraction of sp³-hybridized carbons (Fsp3) is 0.800. The molecule has 0 saturated heterocycles. The molecule has 1 N–H and O–H groups in total. The van der Waals surface area contributed by atoms with Crippen molar-refractivity contribution in [2.75, 3.05) is 18.6 Å². The number of aromatic nitrogens is 2. The second-order valence-electron chi connectivity index (χ2n) is 4.91. The molecular formula is C15H29N3S. The van der Waals surface area contributed by atoms with Gasteiger partial charge in [0.25, 0.3) is 0 Å². The Hall–Kier alpha value is -0.480. The first kappa shape index (κ1) is 16.6. The average Bonchev–Trinajstić information content (AvgIpc) is 2.80. The second-order valence-corrected chi connectivity index (χ2v) is 5.89. The van der Waals surface area contributed by atoms with Crippen LogP contribution in [0.2, 0.25) is 0 Å². The van der Waals surface area contributed by atoms with Gasteiger partial charge in [0.2, 0.25) is 0 Å². The largest absolute Gasteiger partial charge is 0.310 e. The Morgan fingerprint density at radius 1 is 1.26 bits per heavy atom. The molecule has 0 fully saturated rings. The normalized spacial score (nSPS) is 12.9. The lowest BCUT2D eigenvalue weighted by molar-refractivity contribution is 0.559. The Morgan fingerprint density at radius 2 is 2.00 bits per heavy atom. The quantitative estimate of drug-likeness (QED) is 0.753. The van der Waals surface area contributed by atoms with Crippen molar-refractivity contribution in [1.82, 2.24) is 15.1 Å². The van der Waals surface area contributed by atoms with Crippen molar-refractivity contribution in [3.8, 4) is 0 Å². The van der Waals surface area contributed by atoms with E-state index in [0.717, 1.165) is 31.7 Å². The fourth-order valence-corrected chi connectivity index (χ4v) is 2.88. The van der Waals surface area contributed by atoms with Gasteiger partial charge in [-0.05, 0) is 39.0 Å². The molecule has 0 aromatic carbocycles. The van der Waals surface area contributed by atoms with Crippen LogP contribution in [0.4, 0.5) is 0 Å². The first-order valence-electron chi connectivity index (χ1n) is 7.50. The van der Waals surface area contributed by atoms with Gasteiger partial charge in [-0.3, -0.25) is 4.68 Å². The van der Waals surface area contributed by atoms with Gasteiger partial charge in [0.15, 0.2) is 0 Å². The molecule has 0 bridgehead atoms. The number of hydrogen-bond acceptors (Lipinski definition) is 3. The number of aryl methyl sites for hydroxylation is 2. The minimum atomic E-state index is 0.410. The molecular weight excluding hydrogens is 254 g/mol. The molecule has 0 spiro atoms. The van der Waals surface area contributed by atoms with Crippen molar-refractivity contribution < 1.29 is 0 Å². The second kappa shape index (κ2) is 8.64. The van der Waals surface area contributed by atoms with E-state index in [1.807, 2.05) is 11.8 Å². The predicted octanol–water partition coefficient (Wildman–Crippen LogP) is 3.43. The molecule has 3 nitrogen and oxygen atoms in total. The molecule has 0 saturated carbocycles. The van der Waals surface area contributed by atoms with E-state index in [4.69, 9.17) is 5.10 Å². The van der Waals surface area contributed by atoms with E-state index in [0.29, 0.717) is 6.04 Å². The molecule has 19 heavy (non-hydrogen) atoms. The molecule has 0 amide bonds. The van der Waals surface area contributed by atoms with Crippen LogP contribution in [0.15, 0.2) is 0 Å². The smallest absolute Gasteiger partial charge is 0.0672 e. The summed E-state index contributed by atoms with van der Waals surface area (Å²) in [6.45, 7) is 11.0. The van der Waals surface area contributed by atoms with Crippen LogP contribution in [-0.4, -0.2) is 28.3 Å². The zero-order valence-corrected chi connectivity index (χ0v) is 13.9. The van der Waals surface area contributed by atoms with Crippen LogP contribution in [0, 0.1) is 0 Å². The van der Waals surface area contributed by atoms with Crippen LogP contribution in [0.25, 0.3) is 0 Å². The lowest BCUT2D eigenvalue weighted by Crippen LogP contribution is -2.21. The molecule has 0 aliphatic rings. The van der Waals surface area contributed by atoms with Crippen LogP contribution in [0.3, 0.4) is 0 Å². The van der Waals surface area contributed by atoms with Gasteiger partial charge in [0.1, 0.15) is 0 Å². The monoisotopic (exact) mass is 283 g/mol. The van der Waals surface area contributed by atoms with Gasteiger partial charge in [-0.15, -0.1) is 0 Å². The zero-order valence-electron chi connectivity index (χ0n) is 13.1. The van der Waals surface area contributed by atoms with Crippen LogP contribution < -0.4 is 5.32 Å². The number of thioether (sulfide) groups is 1. The maximum atomic E-state index is 4.83. The number of nitrogens with one attached hydrogen (secondary N) is 1. The molecule has 1 heterocycles. The molecule has 0 radical (unpaired) electrons. The highest BCUT2D eigenvalue weighted by atomic mass is 32.2. The van der Waals surface area contributed by atoms with Crippen LogP contribution in [0.5, 0.6) is 0 Å². The third kappa shape index (κ3) is 4.25. The highest BCUT2D eigenvalue weighted by Crippen LogP contribution is 2.24. The molecule has 1 aromatic heterocycles. The summed E-state index contributed by atoms with van der Waals surface area (Å²) in [6.07, 6.45) is 5.41. The SMILES string of the molecule is CCCNC(C)c1c(CC)nn(CCSC)c1CC. The molecule has 4 heteroatoms. The van der Waals surface area contributed by atoms with E-state index in [-0.39, 0.29) is 0 Å². The van der Waals surface area contributed by atoms with Gasteiger partial charge in [-0.2, -0.15) is 16.9 Å². The van der Waals surface area contributed by atoms with Gasteiger partial charge in [0, 0.05) is 23.1 Å². The molecule has 0 aliphatic carbocycles. The predicted molar refractivity (Wildman–Crippen MR) is 86.1 cm³/mol. The lowest BCUT2D eigenvalue weighted by atomic mass is 10.0. The summed E-state index contributed by atoms with van der Waals surface area (Å²) in [6, 6.07) is 0.410. The van der Waals surface area contributed by atoms with E-state index >= 15 is 0 Å². The first-order valence-corrected chi connectivity index (χ1v) is 8.89. The van der Waals surface area contributed by atoms with Gasteiger partial charge >= 0.3 is 0 Å². The number of nitrogens with zero attached hydrogens (tertiary/aromatic N) is 2. The summed E-state index contributed by atoms with van der Waals surface area (Å²) >= 11 is 1.88. The molecule has 0 aliphatic heterocycles. The maximum absolute atomic E-state index is 4.83. The lowest BCUT2D eigenvalue weighted by Gasteiger charge is -2.16. The molecule has 1 aromatic rings. The average molecular weight is 283 g/mol. The third-order valence-corrected chi connectivity index (χ3v) is 4.08. The van der Waals surface area contributed by atoms with E-state index in [1.165, 1.54) is 23.4 Å². The third-order valence-electron chi connectivity index (χ3n) is 3.49. The molecule has 1 rings (SSSR count). The van der Waals surface area contributed by atoms with Crippen LogP contribution >= 0.6 is 11.8 Å². The van der Waals surface area contributed by atoms with E-state index in [2.05, 4.69) is 43.9 Å². The minimum absolute atomic E-state index is 0.410. The Bertz CT molecular complexity index is 374. The summed E-state index contributed by atoms with van der Waals surface area (Å²) in [5.41, 5.74) is 4.13. The van der Waals surface area contributed by atoms with Crippen LogP contribution in [0.1, 0.15) is 57.1 Å².